The van der Waals surface area contributed by atoms with Crippen LogP contribution in [-0.2, 0) is 4.74 Å². The molecule has 0 bridgehead atoms. The second-order valence-corrected chi connectivity index (χ2v) is 5.35. The first kappa shape index (κ1) is 14.6. The smallest absolute Gasteiger partial charge is 0.354 e. The fourth-order valence-corrected chi connectivity index (χ4v) is 2.56. The van der Waals surface area contributed by atoms with Crippen LogP contribution in [0.1, 0.15) is 28.9 Å². The van der Waals surface area contributed by atoms with Crippen molar-refractivity contribution in [2.75, 3.05) is 13.2 Å². The van der Waals surface area contributed by atoms with E-state index in [1.807, 2.05) is 24.3 Å². The first-order chi connectivity index (χ1) is 10.6. The summed E-state index contributed by atoms with van der Waals surface area (Å²) in [7, 11) is 0. The molecule has 22 heavy (non-hydrogen) atoms. The van der Waals surface area contributed by atoms with Crippen LogP contribution in [0.3, 0.4) is 0 Å². The van der Waals surface area contributed by atoms with Crippen molar-refractivity contribution in [2.24, 2.45) is 0 Å². The third-order valence-electron chi connectivity index (χ3n) is 3.81. The third kappa shape index (κ3) is 2.96. The number of hydrogen-bond donors (Lipinski definition) is 2. The summed E-state index contributed by atoms with van der Waals surface area (Å²) in [5.41, 5.74) is 2.24. The molecule has 0 saturated carbocycles. The van der Waals surface area contributed by atoms with Crippen LogP contribution < -0.4 is 4.74 Å². The van der Waals surface area contributed by atoms with E-state index in [2.05, 4.69) is 10.2 Å². The number of carbonyl (C=O) groups is 1. The number of rotatable bonds is 5. The molecule has 1 unspecified atom stereocenters. The van der Waals surface area contributed by atoms with Crippen LogP contribution in [0.5, 0.6) is 5.75 Å². The lowest BCUT2D eigenvalue weighted by Crippen LogP contribution is -2.16. The second kappa shape index (κ2) is 6.19. The minimum Gasteiger partial charge on any atom is -0.491 e. The summed E-state index contributed by atoms with van der Waals surface area (Å²) in [4.78, 5) is 11.0. The number of aromatic amines is 1. The molecule has 0 aliphatic carbocycles. The van der Waals surface area contributed by atoms with Gasteiger partial charge in [-0.25, -0.2) is 4.79 Å². The molecule has 1 aliphatic heterocycles. The summed E-state index contributed by atoms with van der Waals surface area (Å²) >= 11 is 0. The van der Waals surface area contributed by atoms with Crippen molar-refractivity contribution in [3.05, 3.63) is 35.5 Å². The Labute approximate surface area is 128 Å². The van der Waals surface area contributed by atoms with Gasteiger partial charge in [-0.05, 0) is 44.0 Å². The number of nitrogens with one attached hydrogen (secondary N) is 1. The van der Waals surface area contributed by atoms with Gasteiger partial charge in [0.2, 0.25) is 0 Å². The molecule has 1 atom stereocenters. The first-order valence-electron chi connectivity index (χ1n) is 7.28. The van der Waals surface area contributed by atoms with Crippen molar-refractivity contribution < 1.29 is 19.4 Å². The minimum absolute atomic E-state index is 0.119. The predicted molar refractivity (Wildman–Crippen MR) is 80.2 cm³/mol. The molecular weight excluding hydrogens is 284 g/mol. The van der Waals surface area contributed by atoms with Crippen molar-refractivity contribution in [3.63, 3.8) is 0 Å². The Hall–Kier alpha value is -2.34. The number of aromatic carboxylic acids is 1. The molecule has 0 spiro atoms. The number of H-pyrrole nitrogens is 1. The van der Waals surface area contributed by atoms with E-state index >= 15 is 0 Å². The Balaban J connectivity index is 1.69. The highest BCUT2D eigenvalue weighted by atomic mass is 16.5. The molecule has 1 saturated heterocycles. The van der Waals surface area contributed by atoms with Gasteiger partial charge in [-0.2, -0.15) is 5.10 Å². The lowest BCUT2D eigenvalue weighted by atomic mass is 10.1. The summed E-state index contributed by atoms with van der Waals surface area (Å²) in [6, 6.07) is 7.47. The van der Waals surface area contributed by atoms with Crippen LogP contribution >= 0.6 is 0 Å². The summed E-state index contributed by atoms with van der Waals surface area (Å²) in [5.74, 6) is -0.237. The Morgan fingerprint density at radius 3 is 2.82 bits per heavy atom. The van der Waals surface area contributed by atoms with Gasteiger partial charge in [0.1, 0.15) is 18.1 Å². The molecule has 3 rings (SSSR count). The molecule has 6 heteroatoms. The zero-order chi connectivity index (χ0) is 15.5. The quantitative estimate of drug-likeness (QED) is 0.887. The van der Waals surface area contributed by atoms with Gasteiger partial charge in [0.15, 0.2) is 0 Å². The van der Waals surface area contributed by atoms with Gasteiger partial charge in [0.05, 0.1) is 11.8 Å². The third-order valence-corrected chi connectivity index (χ3v) is 3.81. The molecular formula is C16H18N2O4. The fourth-order valence-electron chi connectivity index (χ4n) is 2.56. The van der Waals surface area contributed by atoms with E-state index in [1.54, 1.807) is 6.92 Å². The summed E-state index contributed by atoms with van der Waals surface area (Å²) in [5, 5.41) is 15.7. The highest BCUT2D eigenvalue weighted by Gasteiger charge is 2.17. The van der Waals surface area contributed by atoms with Crippen LogP contribution in [0.15, 0.2) is 24.3 Å². The van der Waals surface area contributed by atoms with Gasteiger partial charge in [-0.1, -0.05) is 0 Å². The van der Waals surface area contributed by atoms with Gasteiger partial charge < -0.3 is 14.6 Å². The molecule has 1 aromatic heterocycles. The van der Waals surface area contributed by atoms with Crippen LogP contribution in [0.4, 0.5) is 0 Å². The minimum atomic E-state index is -1.01. The molecule has 1 aromatic carbocycles. The Kier molecular flexibility index (Phi) is 4.11. The topological polar surface area (TPSA) is 84.4 Å². The van der Waals surface area contributed by atoms with Gasteiger partial charge >= 0.3 is 5.97 Å². The maximum Gasteiger partial charge on any atom is 0.354 e. The zero-order valence-electron chi connectivity index (χ0n) is 12.3. The van der Waals surface area contributed by atoms with Crippen molar-refractivity contribution in [3.8, 4) is 17.0 Å². The van der Waals surface area contributed by atoms with Crippen LogP contribution in [0.2, 0.25) is 0 Å². The highest BCUT2D eigenvalue weighted by molar-refractivity contribution is 5.89. The fraction of sp³-hybridized carbons (Fsp3) is 0.375. The zero-order valence-corrected chi connectivity index (χ0v) is 12.3. The lowest BCUT2D eigenvalue weighted by molar-refractivity contribution is 0.0679. The Morgan fingerprint density at radius 1 is 1.45 bits per heavy atom. The van der Waals surface area contributed by atoms with E-state index in [0.717, 1.165) is 30.8 Å². The van der Waals surface area contributed by atoms with Crippen LogP contribution in [0.25, 0.3) is 11.3 Å². The average Bonchev–Trinajstić information content (AvgIpc) is 3.15. The van der Waals surface area contributed by atoms with E-state index in [0.29, 0.717) is 17.9 Å². The monoisotopic (exact) mass is 302 g/mol. The van der Waals surface area contributed by atoms with Crippen molar-refractivity contribution >= 4 is 5.97 Å². The van der Waals surface area contributed by atoms with E-state index in [4.69, 9.17) is 14.6 Å². The van der Waals surface area contributed by atoms with Gasteiger partial charge in [-0.15, -0.1) is 0 Å². The maximum atomic E-state index is 11.0. The maximum absolute atomic E-state index is 11.0. The standard InChI is InChI=1S/C16H18N2O4/c1-10-14(17-18-15(10)16(19)20)11-4-6-12(7-5-11)22-9-13-3-2-8-21-13/h4-7,13H,2-3,8-9H2,1H3,(H,17,18)(H,19,20). The summed E-state index contributed by atoms with van der Waals surface area (Å²) in [6.45, 7) is 3.12. The molecule has 116 valence electrons. The van der Waals surface area contributed by atoms with Crippen molar-refractivity contribution in [2.45, 2.75) is 25.9 Å². The van der Waals surface area contributed by atoms with Gasteiger partial charge in [0.25, 0.3) is 0 Å². The van der Waals surface area contributed by atoms with E-state index < -0.39 is 5.97 Å². The number of carboxylic acids is 1. The average molecular weight is 302 g/mol. The lowest BCUT2D eigenvalue weighted by Gasteiger charge is -2.11. The van der Waals surface area contributed by atoms with E-state index in [1.165, 1.54) is 0 Å². The molecule has 6 nitrogen and oxygen atoms in total. The summed E-state index contributed by atoms with van der Waals surface area (Å²) in [6.07, 6.45) is 2.33. The molecule has 1 aliphatic rings. The number of nitrogens with zero attached hydrogens (tertiary/aromatic N) is 1. The van der Waals surface area contributed by atoms with Crippen LogP contribution in [-0.4, -0.2) is 40.6 Å². The Bertz CT molecular complexity index is 657. The predicted octanol–water partition coefficient (Wildman–Crippen LogP) is 2.64. The number of ether oxygens (including phenoxy) is 2. The first-order valence-corrected chi connectivity index (χ1v) is 7.28. The normalized spacial score (nSPS) is 17.6. The second-order valence-electron chi connectivity index (χ2n) is 5.35. The number of carboxylic acid groups (broad SMARTS) is 1. The molecule has 2 N–H and O–H groups in total. The van der Waals surface area contributed by atoms with E-state index in [9.17, 15) is 4.79 Å². The Morgan fingerprint density at radius 2 is 2.23 bits per heavy atom. The van der Waals surface area contributed by atoms with Crippen LogP contribution in [0, 0.1) is 6.92 Å². The number of aromatic nitrogens is 2. The van der Waals surface area contributed by atoms with Crippen molar-refractivity contribution in [1.29, 1.82) is 0 Å². The van der Waals surface area contributed by atoms with Crippen molar-refractivity contribution in [1.82, 2.24) is 10.2 Å². The number of hydrogen-bond acceptors (Lipinski definition) is 4. The van der Waals surface area contributed by atoms with E-state index in [-0.39, 0.29) is 11.8 Å². The van der Waals surface area contributed by atoms with Gasteiger partial charge in [0, 0.05) is 17.7 Å². The summed E-state index contributed by atoms with van der Waals surface area (Å²) < 4.78 is 11.2. The highest BCUT2D eigenvalue weighted by Crippen LogP contribution is 2.25. The SMILES string of the molecule is Cc1c(-c2ccc(OCC3CCCO3)cc2)n[nH]c1C(=O)O. The van der Waals surface area contributed by atoms with Gasteiger partial charge in [-0.3, -0.25) is 5.10 Å². The molecule has 1 fully saturated rings. The number of benzene rings is 1. The largest absolute Gasteiger partial charge is 0.491 e. The molecule has 2 aromatic rings. The molecule has 0 radical (unpaired) electrons. The molecule has 0 amide bonds. The molecule has 2 heterocycles.